The molecular formula is C20H28N6O3. The average Bonchev–Trinajstić information content (AvgIpc) is 3.39. The van der Waals surface area contributed by atoms with Crippen LogP contribution in [0.2, 0.25) is 0 Å². The van der Waals surface area contributed by atoms with E-state index in [0.29, 0.717) is 0 Å². The molecular weight excluding hydrogens is 372 g/mol. The maximum absolute atomic E-state index is 11.5. The van der Waals surface area contributed by atoms with Crippen LogP contribution in [-0.2, 0) is 7.05 Å². The number of aromatic nitrogens is 2. The Morgan fingerprint density at radius 2 is 2.10 bits per heavy atom. The van der Waals surface area contributed by atoms with E-state index < -0.39 is 4.92 Å². The maximum atomic E-state index is 11.5. The molecule has 0 bridgehead atoms. The van der Waals surface area contributed by atoms with Gasteiger partial charge in [-0.1, -0.05) is 0 Å². The van der Waals surface area contributed by atoms with Gasteiger partial charge in [-0.2, -0.15) is 5.10 Å². The van der Waals surface area contributed by atoms with Crippen molar-refractivity contribution in [2.24, 2.45) is 13.0 Å². The number of aryl methyl sites for hydroxylation is 1. The Labute approximate surface area is 170 Å². The number of anilines is 1. The number of benzene rings is 1. The third-order valence-corrected chi connectivity index (χ3v) is 5.90. The highest BCUT2D eigenvalue weighted by Gasteiger charge is 2.27. The van der Waals surface area contributed by atoms with Crippen LogP contribution in [0.4, 0.5) is 11.4 Å². The van der Waals surface area contributed by atoms with Gasteiger partial charge in [0.25, 0.3) is 0 Å². The van der Waals surface area contributed by atoms with Crippen molar-refractivity contribution in [1.82, 2.24) is 20.0 Å². The van der Waals surface area contributed by atoms with Gasteiger partial charge >= 0.3 is 5.69 Å². The van der Waals surface area contributed by atoms with Gasteiger partial charge in [-0.3, -0.25) is 19.7 Å². The van der Waals surface area contributed by atoms with Crippen molar-refractivity contribution in [2.75, 3.05) is 57.8 Å². The molecule has 1 aromatic heterocycles. The molecule has 3 heterocycles. The summed E-state index contributed by atoms with van der Waals surface area (Å²) in [5.74, 6) is 1.03. The first kappa shape index (κ1) is 19.7. The first-order valence-electron chi connectivity index (χ1n) is 10.1. The first-order valence-corrected chi connectivity index (χ1v) is 10.1. The fourth-order valence-electron chi connectivity index (χ4n) is 4.32. The number of hydrogen-bond acceptors (Lipinski definition) is 7. The lowest BCUT2D eigenvalue weighted by Gasteiger charge is -2.38. The largest absolute Gasteiger partial charge is 0.490 e. The van der Waals surface area contributed by atoms with Crippen LogP contribution < -0.4 is 15.0 Å². The molecule has 1 atom stereocenters. The zero-order chi connectivity index (χ0) is 20.4. The molecule has 9 nitrogen and oxygen atoms in total. The fourth-order valence-corrected chi connectivity index (χ4v) is 4.32. The van der Waals surface area contributed by atoms with Gasteiger partial charge in [-0.05, 0) is 25.4 Å². The number of nitro benzene ring substituents is 1. The predicted molar refractivity (Wildman–Crippen MR) is 111 cm³/mol. The average molecular weight is 400 g/mol. The Hall–Kier alpha value is -2.65. The summed E-state index contributed by atoms with van der Waals surface area (Å²) in [4.78, 5) is 16.0. The lowest BCUT2D eigenvalue weighted by molar-refractivity contribution is -0.385. The SMILES string of the molecule is COc1cc(N2CCN(CC3CCNC3)CC2)c(-c2cnn(C)c2)cc1[N+](=O)[O-]. The van der Waals surface area contributed by atoms with Crippen LogP contribution in [0.15, 0.2) is 24.5 Å². The highest BCUT2D eigenvalue weighted by atomic mass is 16.6. The molecule has 0 amide bonds. The second-order valence-corrected chi connectivity index (χ2v) is 7.85. The van der Waals surface area contributed by atoms with E-state index in [1.165, 1.54) is 13.5 Å². The summed E-state index contributed by atoms with van der Waals surface area (Å²) in [7, 11) is 3.32. The minimum absolute atomic E-state index is 0.0255. The van der Waals surface area contributed by atoms with Crippen molar-refractivity contribution in [2.45, 2.75) is 6.42 Å². The number of nitrogens with one attached hydrogen (secondary N) is 1. The van der Waals surface area contributed by atoms with Crippen LogP contribution in [0.25, 0.3) is 11.1 Å². The van der Waals surface area contributed by atoms with E-state index in [2.05, 4.69) is 20.2 Å². The van der Waals surface area contributed by atoms with E-state index >= 15 is 0 Å². The van der Waals surface area contributed by atoms with Gasteiger partial charge in [-0.25, -0.2) is 0 Å². The summed E-state index contributed by atoms with van der Waals surface area (Å²) in [6.07, 6.45) is 4.89. The second-order valence-electron chi connectivity index (χ2n) is 7.85. The number of ether oxygens (including phenoxy) is 1. The van der Waals surface area contributed by atoms with Gasteiger partial charge in [0.05, 0.1) is 18.2 Å². The Morgan fingerprint density at radius 1 is 1.31 bits per heavy atom. The van der Waals surface area contributed by atoms with Crippen molar-refractivity contribution in [3.05, 3.63) is 34.6 Å². The molecule has 4 rings (SSSR count). The number of piperazine rings is 1. The van der Waals surface area contributed by atoms with Crippen LogP contribution in [0, 0.1) is 16.0 Å². The highest BCUT2D eigenvalue weighted by molar-refractivity contribution is 5.82. The molecule has 2 aromatic rings. The monoisotopic (exact) mass is 400 g/mol. The van der Waals surface area contributed by atoms with E-state index in [1.54, 1.807) is 23.0 Å². The van der Waals surface area contributed by atoms with Crippen molar-refractivity contribution >= 4 is 11.4 Å². The highest BCUT2D eigenvalue weighted by Crippen LogP contribution is 2.40. The van der Waals surface area contributed by atoms with E-state index in [4.69, 9.17) is 4.74 Å². The van der Waals surface area contributed by atoms with Gasteiger partial charge in [0.2, 0.25) is 0 Å². The molecule has 1 N–H and O–H groups in total. The quantitative estimate of drug-likeness (QED) is 0.584. The van der Waals surface area contributed by atoms with Crippen molar-refractivity contribution in [1.29, 1.82) is 0 Å². The molecule has 9 heteroatoms. The second kappa shape index (κ2) is 8.38. The molecule has 0 radical (unpaired) electrons. The van der Waals surface area contributed by atoms with Gasteiger partial charge in [0, 0.05) is 74.9 Å². The summed E-state index contributed by atoms with van der Waals surface area (Å²) >= 11 is 0. The van der Waals surface area contributed by atoms with E-state index in [1.807, 2.05) is 13.2 Å². The molecule has 29 heavy (non-hydrogen) atoms. The molecule has 0 aliphatic carbocycles. The molecule has 2 fully saturated rings. The van der Waals surface area contributed by atoms with Crippen molar-refractivity contribution in [3.63, 3.8) is 0 Å². The smallest absolute Gasteiger partial charge is 0.311 e. The molecule has 0 spiro atoms. The molecule has 2 aliphatic heterocycles. The topological polar surface area (TPSA) is 88.7 Å². The number of rotatable bonds is 6. The number of methoxy groups -OCH3 is 1. The third kappa shape index (κ3) is 4.20. The van der Waals surface area contributed by atoms with Crippen LogP contribution in [0.3, 0.4) is 0 Å². The normalized spacial score (nSPS) is 20.2. The number of nitrogens with zero attached hydrogens (tertiary/aromatic N) is 5. The zero-order valence-corrected chi connectivity index (χ0v) is 17.0. The minimum atomic E-state index is -0.393. The summed E-state index contributed by atoms with van der Waals surface area (Å²) in [6, 6.07) is 3.42. The van der Waals surface area contributed by atoms with Crippen LogP contribution in [0.1, 0.15) is 6.42 Å². The molecule has 1 unspecified atom stereocenters. The fraction of sp³-hybridized carbons (Fsp3) is 0.550. The van der Waals surface area contributed by atoms with Crippen molar-refractivity contribution in [3.8, 4) is 16.9 Å². The predicted octanol–water partition coefficient (Wildman–Crippen LogP) is 1.74. The molecule has 0 saturated carbocycles. The molecule has 2 aliphatic rings. The van der Waals surface area contributed by atoms with Gasteiger partial charge in [0.15, 0.2) is 5.75 Å². The summed E-state index contributed by atoms with van der Waals surface area (Å²) < 4.78 is 7.05. The first-order chi connectivity index (χ1) is 14.0. The molecule has 1 aromatic carbocycles. The van der Waals surface area contributed by atoms with E-state index in [9.17, 15) is 10.1 Å². The maximum Gasteiger partial charge on any atom is 0.311 e. The standard InChI is InChI=1S/C20H28N6O3/c1-23-14-16(12-22-23)17-9-19(26(27)28)20(29-2)10-18(17)25-7-5-24(6-8-25)13-15-3-4-21-11-15/h9-10,12,14-15,21H,3-8,11,13H2,1-2H3. The number of nitro groups is 1. The zero-order valence-electron chi connectivity index (χ0n) is 17.0. The number of hydrogen-bond donors (Lipinski definition) is 1. The Kier molecular flexibility index (Phi) is 5.68. The van der Waals surface area contributed by atoms with E-state index in [-0.39, 0.29) is 11.4 Å². The summed E-state index contributed by atoms with van der Waals surface area (Å²) in [5, 5.41) is 19.2. The molecule has 2 saturated heterocycles. The molecule has 156 valence electrons. The van der Waals surface area contributed by atoms with Gasteiger partial charge < -0.3 is 15.0 Å². The summed E-state index contributed by atoms with van der Waals surface area (Å²) in [5.41, 5.74) is 2.62. The Morgan fingerprint density at radius 3 is 2.69 bits per heavy atom. The van der Waals surface area contributed by atoms with Crippen LogP contribution in [0.5, 0.6) is 5.75 Å². The lowest BCUT2D eigenvalue weighted by atomic mass is 10.0. The summed E-state index contributed by atoms with van der Waals surface area (Å²) in [6.45, 7) is 7.12. The minimum Gasteiger partial charge on any atom is -0.490 e. The lowest BCUT2D eigenvalue weighted by Crippen LogP contribution is -2.48. The van der Waals surface area contributed by atoms with Crippen molar-refractivity contribution < 1.29 is 9.66 Å². The van der Waals surface area contributed by atoms with Crippen LogP contribution in [-0.4, -0.2) is 72.5 Å². The van der Waals surface area contributed by atoms with Gasteiger partial charge in [-0.15, -0.1) is 0 Å². The Bertz CT molecular complexity index is 869. The van der Waals surface area contributed by atoms with Crippen LogP contribution >= 0.6 is 0 Å². The third-order valence-electron chi connectivity index (χ3n) is 5.90. The Balaban J connectivity index is 1.59. The van der Waals surface area contributed by atoms with Gasteiger partial charge in [0.1, 0.15) is 0 Å². The van der Waals surface area contributed by atoms with E-state index in [0.717, 1.165) is 68.5 Å².